The lowest BCUT2D eigenvalue weighted by Crippen LogP contribution is -2.45. The van der Waals surface area contributed by atoms with Gasteiger partial charge in [0.25, 0.3) is 0 Å². The Labute approximate surface area is 126 Å². The van der Waals surface area contributed by atoms with Crippen LogP contribution in [0.4, 0.5) is 5.69 Å². The highest BCUT2D eigenvalue weighted by molar-refractivity contribution is 5.45. The zero-order valence-corrected chi connectivity index (χ0v) is 12.3. The average molecular weight is 282 g/mol. The number of benzene rings is 1. The number of rotatable bonds is 4. The van der Waals surface area contributed by atoms with Gasteiger partial charge in [-0.25, -0.2) is 0 Å². The summed E-state index contributed by atoms with van der Waals surface area (Å²) >= 11 is 0. The third-order valence-corrected chi connectivity index (χ3v) is 4.07. The lowest BCUT2D eigenvalue weighted by molar-refractivity contribution is 0.250. The van der Waals surface area contributed by atoms with E-state index in [9.17, 15) is 0 Å². The van der Waals surface area contributed by atoms with Gasteiger partial charge in [-0.3, -0.25) is 9.88 Å². The molecular weight excluding hydrogens is 260 g/mol. The number of anilines is 1. The molecule has 0 unspecified atom stereocenters. The Morgan fingerprint density at radius 3 is 2.10 bits per heavy atom. The molecule has 21 heavy (non-hydrogen) atoms. The van der Waals surface area contributed by atoms with Crippen LogP contribution in [0.2, 0.25) is 0 Å². The van der Waals surface area contributed by atoms with Gasteiger partial charge in [0.1, 0.15) is 0 Å². The lowest BCUT2D eigenvalue weighted by atomic mass is 10.1. The van der Waals surface area contributed by atoms with E-state index in [2.05, 4.69) is 51.2 Å². The van der Waals surface area contributed by atoms with E-state index in [1.807, 2.05) is 12.4 Å². The van der Waals surface area contributed by atoms with Crippen LogP contribution in [0.1, 0.15) is 11.1 Å². The third kappa shape index (κ3) is 3.60. The van der Waals surface area contributed by atoms with Gasteiger partial charge in [-0.2, -0.15) is 0 Å². The van der Waals surface area contributed by atoms with Gasteiger partial charge in [0, 0.05) is 57.3 Å². The fourth-order valence-corrected chi connectivity index (χ4v) is 2.76. The van der Waals surface area contributed by atoms with Crippen molar-refractivity contribution < 1.29 is 0 Å². The molecule has 0 radical (unpaired) electrons. The number of pyridine rings is 1. The fourth-order valence-electron chi connectivity index (χ4n) is 2.76. The highest BCUT2D eigenvalue weighted by Gasteiger charge is 2.17. The maximum atomic E-state index is 5.63. The molecule has 1 aliphatic rings. The normalized spacial score (nSPS) is 16.1. The van der Waals surface area contributed by atoms with Gasteiger partial charge in [0.05, 0.1) is 0 Å². The molecule has 2 heterocycles. The largest absolute Gasteiger partial charge is 0.369 e. The lowest BCUT2D eigenvalue weighted by Gasteiger charge is -2.36. The summed E-state index contributed by atoms with van der Waals surface area (Å²) in [4.78, 5) is 9.01. The van der Waals surface area contributed by atoms with Crippen LogP contribution in [-0.4, -0.2) is 36.1 Å². The minimum absolute atomic E-state index is 0.616. The summed E-state index contributed by atoms with van der Waals surface area (Å²) in [7, 11) is 0. The Morgan fingerprint density at radius 1 is 0.857 bits per heavy atom. The molecule has 1 aliphatic heterocycles. The Bertz CT molecular complexity index is 545. The summed E-state index contributed by atoms with van der Waals surface area (Å²) in [5, 5.41) is 0. The predicted molar refractivity (Wildman–Crippen MR) is 86.1 cm³/mol. The molecule has 4 nitrogen and oxygen atoms in total. The van der Waals surface area contributed by atoms with E-state index in [1.165, 1.54) is 16.8 Å². The molecule has 4 heteroatoms. The first-order valence-electron chi connectivity index (χ1n) is 7.50. The molecule has 1 aromatic heterocycles. The van der Waals surface area contributed by atoms with Crippen molar-refractivity contribution in [1.29, 1.82) is 0 Å². The van der Waals surface area contributed by atoms with E-state index in [0.29, 0.717) is 6.54 Å². The smallest absolute Gasteiger partial charge is 0.0397 e. The van der Waals surface area contributed by atoms with E-state index in [1.54, 1.807) is 0 Å². The molecule has 1 aromatic carbocycles. The molecule has 0 saturated carbocycles. The van der Waals surface area contributed by atoms with Crippen LogP contribution in [0.3, 0.4) is 0 Å². The van der Waals surface area contributed by atoms with Gasteiger partial charge in [-0.05, 0) is 23.3 Å². The van der Waals surface area contributed by atoms with Crippen LogP contribution in [0.15, 0.2) is 48.8 Å². The molecule has 0 atom stereocenters. The van der Waals surface area contributed by atoms with Crippen molar-refractivity contribution in [1.82, 2.24) is 9.88 Å². The summed E-state index contributed by atoms with van der Waals surface area (Å²) in [6.45, 7) is 5.98. The van der Waals surface area contributed by atoms with Crippen LogP contribution >= 0.6 is 0 Å². The maximum absolute atomic E-state index is 5.63. The van der Waals surface area contributed by atoms with Crippen LogP contribution in [-0.2, 0) is 13.1 Å². The molecule has 3 rings (SSSR count). The first kappa shape index (κ1) is 14.0. The number of aromatic nitrogens is 1. The standard InChI is InChI=1S/C17H22N4/c18-13-15-1-3-16(4-2-15)14-20-9-11-21(12-10-20)17-5-7-19-8-6-17/h1-8H,9-14,18H2. The SMILES string of the molecule is NCc1ccc(CN2CCN(c3ccncc3)CC2)cc1. The van der Waals surface area contributed by atoms with Crippen molar-refractivity contribution in [3.05, 3.63) is 59.9 Å². The Balaban J connectivity index is 1.53. The van der Waals surface area contributed by atoms with Crippen molar-refractivity contribution in [2.75, 3.05) is 31.1 Å². The first-order valence-corrected chi connectivity index (χ1v) is 7.50. The predicted octanol–water partition coefficient (Wildman–Crippen LogP) is 1.86. The molecule has 2 aromatic rings. The zero-order valence-electron chi connectivity index (χ0n) is 12.3. The quantitative estimate of drug-likeness (QED) is 0.930. The number of nitrogens with two attached hydrogens (primary N) is 1. The zero-order chi connectivity index (χ0) is 14.5. The van der Waals surface area contributed by atoms with Gasteiger partial charge in [-0.15, -0.1) is 0 Å². The van der Waals surface area contributed by atoms with Crippen molar-refractivity contribution in [3.8, 4) is 0 Å². The van der Waals surface area contributed by atoms with Gasteiger partial charge in [0.2, 0.25) is 0 Å². The Hall–Kier alpha value is -1.91. The third-order valence-electron chi connectivity index (χ3n) is 4.07. The van der Waals surface area contributed by atoms with E-state index < -0.39 is 0 Å². The number of hydrogen-bond acceptors (Lipinski definition) is 4. The van der Waals surface area contributed by atoms with E-state index in [4.69, 9.17) is 5.73 Å². The molecule has 2 N–H and O–H groups in total. The molecule has 1 saturated heterocycles. The van der Waals surface area contributed by atoms with Crippen molar-refractivity contribution in [2.24, 2.45) is 5.73 Å². The van der Waals surface area contributed by atoms with Crippen molar-refractivity contribution in [2.45, 2.75) is 13.1 Å². The van der Waals surface area contributed by atoms with Crippen LogP contribution in [0.25, 0.3) is 0 Å². The van der Waals surface area contributed by atoms with E-state index in [-0.39, 0.29) is 0 Å². The van der Waals surface area contributed by atoms with Crippen molar-refractivity contribution in [3.63, 3.8) is 0 Å². The minimum atomic E-state index is 0.616. The summed E-state index contributed by atoms with van der Waals surface area (Å²) < 4.78 is 0. The van der Waals surface area contributed by atoms with Crippen molar-refractivity contribution >= 4 is 5.69 Å². The van der Waals surface area contributed by atoms with Crippen LogP contribution in [0.5, 0.6) is 0 Å². The average Bonchev–Trinajstić information content (AvgIpc) is 2.57. The second-order valence-electron chi connectivity index (χ2n) is 5.49. The summed E-state index contributed by atoms with van der Waals surface area (Å²) in [6.07, 6.45) is 3.72. The maximum Gasteiger partial charge on any atom is 0.0397 e. The summed E-state index contributed by atoms with van der Waals surface area (Å²) in [5.41, 5.74) is 9.47. The van der Waals surface area contributed by atoms with Gasteiger partial charge in [0.15, 0.2) is 0 Å². The molecule has 0 aliphatic carbocycles. The first-order chi connectivity index (χ1) is 10.3. The van der Waals surface area contributed by atoms with Crippen LogP contribution < -0.4 is 10.6 Å². The highest BCUT2D eigenvalue weighted by Crippen LogP contribution is 2.16. The Kier molecular flexibility index (Phi) is 4.48. The number of hydrogen-bond donors (Lipinski definition) is 1. The minimum Gasteiger partial charge on any atom is -0.369 e. The van der Waals surface area contributed by atoms with Crippen LogP contribution in [0, 0.1) is 0 Å². The number of nitrogens with zero attached hydrogens (tertiary/aromatic N) is 3. The summed E-state index contributed by atoms with van der Waals surface area (Å²) in [5.74, 6) is 0. The van der Waals surface area contributed by atoms with E-state index >= 15 is 0 Å². The Morgan fingerprint density at radius 2 is 1.48 bits per heavy atom. The van der Waals surface area contributed by atoms with Gasteiger partial charge >= 0.3 is 0 Å². The van der Waals surface area contributed by atoms with Gasteiger partial charge < -0.3 is 10.6 Å². The molecule has 0 bridgehead atoms. The molecule has 1 fully saturated rings. The number of piperazine rings is 1. The second-order valence-corrected chi connectivity index (χ2v) is 5.49. The molecular formula is C17H22N4. The highest BCUT2D eigenvalue weighted by atomic mass is 15.3. The fraction of sp³-hybridized carbons (Fsp3) is 0.353. The molecule has 0 amide bonds. The second kappa shape index (κ2) is 6.70. The monoisotopic (exact) mass is 282 g/mol. The topological polar surface area (TPSA) is 45.4 Å². The van der Waals surface area contributed by atoms with Gasteiger partial charge in [-0.1, -0.05) is 24.3 Å². The molecule has 110 valence electrons. The van der Waals surface area contributed by atoms with E-state index in [0.717, 1.165) is 32.7 Å². The summed E-state index contributed by atoms with van der Waals surface area (Å²) in [6, 6.07) is 12.8. The molecule has 0 spiro atoms.